The number of esters is 3. The van der Waals surface area contributed by atoms with Crippen LogP contribution in [0.15, 0.2) is 11.6 Å². The first kappa shape index (κ1) is 25.9. The zero-order valence-corrected chi connectivity index (χ0v) is 21.8. The maximum atomic E-state index is 13.4. The van der Waals surface area contributed by atoms with E-state index in [2.05, 4.69) is 19.9 Å². The van der Waals surface area contributed by atoms with Crippen LogP contribution in [0.25, 0.3) is 0 Å². The summed E-state index contributed by atoms with van der Waals surface area (Å²) in [6.07, 6.45) is 8.81. The normalized spacial score (nSPS) is 38.7. The Morgan fingerprint density at radius 1 is 1.00 bits per heavy atom. The zero-order valence-electron chi connectivity index (χ0n) is 21.8. The number of allylic oxidation sites excluding steroid dienone is 1. The summed E-state index contributed by atoms with van der Waals surface area (Å²) in [6, 6.07) is 0. The van der Waals surface area contributed by atoms with E-state index in [0.29, 0.717) is 17.8 Å². The zero-order chi connectivity index (χ0) is 25.5. The molecule has 8 atom stereocenters. The molecule has 0 amide bonds. The smallest absolute Gasteiger partial charge is 0.347 e. The summed E-state index contributed by atoms with van der Waals surface area (Å²) < 4.78 is 15.4. The fourth-order valence-corrected chi connectivity index (χ4v) is 8.32. The molecule has 4 aliphatic carbocycles. The van der Waals surface area contributed by atoms with Crippen molar-refractivity contribution in [3.05, 3.63) is 11.6 Å². The maximum absolute atomic E-state index is 13.4. The van der Waals surface area contributed by atoms with Gasteiger partial charge in [-0.15, -0.1) is 0 Å². The molecule has 0 bridgehead atoms. The molecule has 4 rings (SSSR count). The van der Waals surface area contributed by atoms with Gasteiger partial charge in [0, 0.05) is 26.2 Å². The molecule has 0 radical (unpaired) electrons. The monoisotopic (exact) mass is 488 g/mol. The van der Waals surface area contributed by atoms with Crippen molar-refractivity contribution >= 4 is 23.7 Å². The van der Waals surface area contributed by atoms with Crippen LogP contribution in [0.2, 0.25) is 0 Å². The largest absolute Gasteiger partial charge is 0.466 e. The van der Waals surface area contributed by atoms with Gasteiger partial charge in [-0.2, -0.15) is 0 Å². The SMILES string of the molecule is COC(=O)[C@@H](CC(=O)[C@H]1CC[C@H]2[C@@H]3CC=C4C[C@@H](OC(C)=O)CC[C@]4(C)[C@H]3CC[C@]12C)OC(C)=O. The summed E-state index contributed by atoms with van der Waals surface area (Å²) in [5.41, 5.74) is 1.48. The number of carbonyl (C=O) groups excluding carboxylic acids is 4. The molecule has 0 aromatic heterocycles. The standard InChI is InChI=1S/C28H40O7/c1-16(29)34-19-10-12-27(3)18(14-19)6-7-20-21-8-9-23(28(21,4)13-11-22(20)27)24(31)15-25(26(32)33-5)35-17(2)30/h6,19-23,25H,7-15H2,1-5H3/t19-,20-,21-,22-,23+,25+,27-,28-/m0/s1. The molecule has 7 heteroatoms. The summed E-state index contributed by atoms with van der Waals surface area (Å²) in [5, 5.41) is 0. The summed E-state index contributed by atoms with van der Waals surface area (Å²) in [6.45, 7) is 7.39. The Hall–Kier alpha value is -2.18. The summed E-state index contributed by atoms with van der Waals surface area (Å²) >= 11 is 0. The van der Waals surface area contributed by atoms with Crippen molar-refractivity contribution in [2.24, 2.45) is 34.5 Å². The number of carbonyl (C=O) groups is 4. The van der Waals surface area contributed by atoms with Gasteiger partial charge in [-0.25, -0.2) is 4.79 Å². The number of Topliss-reactive ketones (excluding diaryl/α,β-unsaturated/α-hetero) is 1. The fraction of sp³-hybridized carbons (Fsp3) is 0.786. The lowest BCUT2D eigenvalue weighted by Crippen LogP contribution is -2.51. The average Bonchev–Trinajstić information content (AvgIpc) is 3.15. The molecule has 0 heterocycles. The summed E-state index contributed by atoms with van der Waals surface area (Å²) in [5.74, 6) is -0.0244. The Labute approximate surface area is 208 Å². The average molecular weight is 489 g/mol. The lowest BCUT2D eigenvalue weighted by molar-refractivity contribution is -0.166. The molecule has 0 aromatic carbocycles. The van der Waals surface area contributed by atoms with E-state index in [9.17, 15) is 19.2 Å². The van der Waals surface area contributed by atoms with Crippen LogP contribution in [0, 0.1) is 34.5 Å². The Bertz CT molecular complexity index is 922. The van der Waals surface area contributed by atoms with Crippen LogP contribution in [-0.4, -0.2) is 43.0 Å². The second kappa shape index (κ2) is 9.70. The number of methoxy groups -OCH3 is 1. The Morgan fingerprint density at radius 3 is 2.40 bits per heavy atom. The number of ketones is 1. The third-order valence-corrected chi connectivity index (χ3v) is 9.94. The van der Waals surface area contributed by atoms with E-state index < -0.39 is 18.0 Å². The van der Waals surface area contributed by atoms with Crippen LogP contribution in [-0.2, 0) is 33.4 Å². The molecule has 35 heavy (non-hydrogen) atoms. The van der Waals surface area contributed by atoms with E-state index in [1.54, 1.807) is 0 Å². The summed E-state index contributed by atoms with van der Waals surface area (Å²) in [4.78, 5) is 48.5. The topological polar surface area (TPSA) is 96.0 Å². The van der Waals surface area contributed by atoms with E-state index >= 15 is 0 Å². The van der Waals surface area contributed by atoms with Crippen LogP contribution in [0.5, 0.6) is 0 Å². The predicted molar refractivity (Wildman–Crippen MR) is 128 cm³/mol. The molecule has 7 nitrogen and oxygen atoms in total. The highest BCUT2D eigenvalue weighted by Crippen LogP contribution is 2.66. The van der Waals surface area contributed by atoms with E-state index in [-0.39, 0.29) is 41.0 Å². The highest BCUT2D eigenvalue weighted by Gasteiger charge is 2.60. The van der Waals surface area contributed by atoms with Gasteiger partial charge >= 0.3 is 17.9 Å². The molecule has 0 unspecified atom stereocenters. The van der Waals surface area contributed by atoms with Crippen molar-refractivity contribution in [1.29, 1.82) is 0 Å². The van der Waals surface area contributed by atoms with Gasteiger partial charge in [-0.05, 0) is 73.5 Å². The Kier molecular flexibility index (Phi) is 7.18. The first-order valence-electron chi connectivity index (χ1n) is 13.1. The van der Waals surface area contributed by atoms with Gasteiger partial charge in [0.15, 0.2) is 0 Å². The Balaban J connectivity index is 1.50. The van der Waals surface area contributed by atoms with Crippen molar-refractivity contribution in [2.75, 3.05) is 7.11 Å². The lowest BCUT2D eigenvalue weighted by Gasteiger charge is -2.58. The predicted octanol–water partition coefficient (Wildman–Crippen LogP) is 4.56. The molecule has 0 saturated heterocycles. The molecule has 0 N–H and O–H groups in total. The first-order valence-corrected chi connectivity index (χ1v) is 13.1. The molecule has 0 spiro atoms. The first-order chi connectivity index (χ1) is 16.5. The van der Waals surface area contributed by atoms with Gasteiger partial charge in [-0.3, -0.25) is 14.4 Å². The van der Waals surface area contributed by atoms with Crippen molar-refractivity contribution in [3.8, 4) is 0 Å². The third kappa shape index (κ3) is 4.67. The highest BCUT2D eigenvalue weighted by atomic mass is 16.6. The van der Waals surface area contributed by atoms with Crippen LogP contribution in [0.4, 0.5) is 0 Å². The molecule has 3 saturated carbocycles. The van der Waals surface area contributed by atoms with Gasteiger partial charge < -0.3 is 14.2 Å². The minimum absolute atomic E-state index is 0.00485. The number of fused-ring (bicyclic) bond motifs is 5. The highest BCUT2D eigenvalue weighted by molar-refractivity contribution is 5.89. The number of hydrogen-bond donors (Lipinski definition) is 0. The van der Waals surface area contributed by atoms with Gasteiger partial charge in [0.25, 0.3) is 0 Å². The second-order valence-electron chi connectivity index (χ2n) is 11.7. The number of rotatable bonds is 6. The molecule has 194 valence electrons. The molecule has 3 fully saturated rings. The van der Waals surface area contributed by atoms with E-state index in [1.165, 1.54) is 26.5 Å². The number of ether oxygens (including phenoxy) is 3. The lowest BCUT2D eigenvalue weighted by atomic mass is 9.47. The molecular formula is C28H40O7. The van der Waals surface area contributed by atoms with E-state index in [4.69, 9.17) is 14.2 Å². The molecular weight excluding hydrogens is 448 g/mol. The van der Waals surface area contributed by atoms with Crippen LogP contribution >= 0.6 is 0 Å². The van der Waals surface area contributed by atoms with Crippen LogP contribution in [0.1, 0.15) is 85.5 Å². The van der Waals surface area contributed by atoms with Crippen molar-refractivity contribution in [1.82, 2.24) is 0 Å². The summed E-state index contributed by atoms with van der Waals surface area (Å²) in [7, 11) is 1.24. The molecule has 4 aliphatic rings. The van der Waals surface area contributed by atoms with Crippen LogP contribution in [0.3, 0.4) is 0 Å². The minimum Gasteiger partial charge on any atom is -0.466 e. The van der Waals surface area contributed by atoms with Crippen molar-refractivity contribution in [2.45, 2.75) is 97.7 Å². The van der Waals surface area contributed by atoms with Gasteiger partial charge in [0.1, 0.15) is 11.9 Å². The van der Waals surface area contributed by atoms with E-state index in [0.717, 1.165) is 51.4 Å². The van der Waals surface area contributed by atoms with Gasteiger partial charge in [0.2, 0.25) is 6.10 Å². The van der Waals surface area contributed by atoms with Gasteiger partial charge in [-0.1, -0.05) is 25.5 Å². The fourth-order valence-electron chi connectivity index (χ4n) is 8.32. The van der Waals surface area contributed by atoms with Crippen LogP contribution < -0.4 is 0 Å². The van der Waals surface area contributed by atoms with Crippen molar-refractivity contribution < 1.29 is 33.4 Å². The number of hydrogen-bond acceptors (Lipinski definition) is 7. The molecule has 0 aliphatic heterocycles. The minimum atomic E-state index is -1.17. The Morgan fingerprint density at radius 2 is 1.74 bits per heavy atom. The second-order valence-corrected chi connectivity index (χ2v) is 11.7. The molecule has 0 aromatic rings. The van der Waals surface area contributed by atoms with Crippen molar-refractivity contribution in [3.63, 3.8) is 0 Å². The van der Waals surface area contributed by atoms with E-state index in [1.807, 2.05) is 0 Å². The maximum Gasteiger partial charge on any atom is 0.347 e. The van der Waals surface area contributed by atoms with Gasteiger partial charge in [0.05, 0.1) is 13.5 Å². The quantitative estimate of drug-likeness (QED) is 0.307. The third-order valence-electron chi connectivity index (χ3n) is 9.94.